The average molecular weight is 476 g/mol. The summed E-state index contributed by atoms with van der Waals surface area (Å²) in [5, 5.41) is 10.8. The van der Waals surface area contributed by atoms with E-state index in [1.807, 2.05) is 0 Å². The summed E-state index contributed by atoms with van der Waals surface area (Å²) in [4.78, 5) is 43.1. The SMILES string of the molecule is CCOC(=O)c1c(/N=C/c2c(O)n(C)c(=O)n(C)c2=O)sc2c1CCCCCCCCCC2. The molecule has 180 valence electrons. The minimum atomic E-state index is -0.646. The molecule has 3 rings (SSSR count). The zero-order chi connectivity index (χ0) is 24.0. The number of nitrogens with zero attached hydrogens (tertiary/aromatic N) is 3. The van der Waals surface area contributed by atoms with Crippen molar-refractivity contribution < 1.29 is 14.6 Å². The maximum absolute atomic E-state index is 12.9. The first-order valence-electron chi connectivity index (χ1n) is 11.7. The molecule has 1 N–H and O–H groups in total. The van der Waals surface area contributed by atoms with Gasteiger partial charge >= 0.3 is 11.7 Å². The van der Waals surface area contributed by atoms with Gasteiger partial charge < -0.3 is 9.84 Å². The van der Waals surface area contributed by atoms with Gasteiger partial charge in [-0.1, -0.05) is 38.5 Å². The molecule has 0 aromatic carbocycles. The van der Waals surface area contributed by atoms with Gasteiger partial charge in [0.25, 0.3) is 5.56 Å². The number of aromatic nitrogens is 2. The number of thiophene rings is 1. The molecule has 0 unspecified atom stereocenters. The van der Waals surface area contributed by atoms with Crippen molar-refractivity contribution in [3.05, 3.63) is 42.4 Å². The molecule has 8 nitrogen and oxygen atoms in total. The standard InChI is InChI=1S/C24H33N3O5S/c1-4-32-23(30)19-16-13-11-9-7-5-6-8-10-12-14-18(16)33-20(19)25-15-17-21(28)26(2)24(31)27(3)22(17)29/h15,28H,4-14H2,1-3H3/b25-15+. The van der Waals surface area contributed by atoms with Gasteiger partial charge in [0.1, 0.15) is 10.6 Å². The highest BCUT2D eigenvalue weighted by Gasteiger charge is 2.24. The van der Waals surface area contributed by atoms with Crippen LogP contribution in [0.5, 0.6) is 5.88 Å². The van der Waals surface area contributed by atoms with Crippen molar-refractivity contribution in [2.75, 3.05) is 6.61 Å². The van der Waals surface area contributed by atoms with Crippen LogP contribution in [0.4, 0.5) is 5.00 Å². The molecule has 9 heteroatoms. The number of esters is 1. The Balaban J connectivity index is 2.08. The first-order valence-corrected chi connectivity index (χ1v) is 12.5. The van der Waals surface area contributed by atoms with Crippen molar-refractivity contribution in [1.82, 2.24) is 9.13 Å². The van der Waals surface area contributed by atoms with Gasteiger partial charge in [0, 0.05) is 25.2 Å². The third-order valence-electron chi connectivity index (χ3n) is 6.11. The summed E-state index contributed by atoms with van der Waals surface area (Å²) in [5.74, 6) is -0.869. The van der Waals surface area contributed by atoms with Crippen molar-refractivity contribution >= 4 is 28.5 Å². The Kier molecular flexibility index (Phi) is 8.66. The largest absolute Gasteiger partial charge is 0.494 e. The summed E-state index contributed by atoms with van der Waals surface area (Å²) in [7, 11) is 2.73. The third-order valence-corrected chi connectivity index (χ3v) is 7.31. The fourth-order valence-electron chi connectivity index (χ4n) is 4.21. The summed E-state index contributed by atoms with van der Waals surface area (Å²) < 4.78 is 7.26. The number of fused-ring (bicyclic) bond motifs is 1. The molecule has 0 bridgehead atoms. The smallest absolute Gasteiger partial charge is 0.341 e. The van der Waals surface area contributed by atoms with Crippen LogP contribution in [-0.4, -0.2) is 33.0 Å². The highest BCUT2D eigenvalue weighted by Crippen LogP contribution is 2.38. The molecule has 0 radical (unpaired) electrons. The maximum atomic E-state index is 12.9. The highest BCUT2D eigenvalue weighted by molar-refractivity contribution is 7.16. The Labute approximate surface area is 197 Å². The van der Waals surface area contributed by atoms with Gasteiger partial charge in [0.15, 0.2) is 0 Å². The lowest BCUT2D eigenvalue weighted by Gasteiger charge is -2.10. The van der Waals surface area contributed by atoms with Gasteiger partial charge in [-0.2, -0.15) is 0 Å². The van der Waals surface area contributed by atoms with Gasteiger partial charge in [0.2, 0.25) is 5.88 Å². The second kappa shape index (κ2) is 11.4. The number of aromatic hydroxyl groups is 1. The number of aliphatic imine (C=N–C) groups is 1. The van der Waals surface area contributed by atoms with Crippen LogP contribution in [0, 0.1) is 0 Å². The van der Waals surface area contributed by atoms with Crippen LogP contribution in [0.3, 0.4) is 0 Å². The fourth-order valence-corrected chi connectivity index (χ4v) is 5.43. The Morgan fingerprint density at radius 2 is 1.64 bits per heavy atom. The van der Waals surface area contributed by atoms with Crippen molar-refractivity contribution in [1.29, 1.82) is 0 Å². The number of carbonyl (C=O) groups excluding carboxylic acids is 1. The number of ether oxygens (including phenoxy) is 1. The number of aryl methyl sites for hydroxylation is 1. The van der Waals surface area contributed by atoms with Crippen LogP contribution in [0.15, 0.2) is 14.6 Å². The Morgan fingerprint density at radius 3 is 2.27 bits per heavy atom. The summed E-state index contributed by atoms with van der Waals surface area (Å²) in [5.41, 5.74) is 0.0965. The molecule has 1 aliphatic rings. The highest BCUT2D eigenvalue weighted by atomic mass is 32.1. The molecule has 33 heavy (non-hydrogen) atoms. The lowest BCUT2D eigenvalue weighted by atomic mass is 9.97. The minimum Gasteiger partial charge on any atom is -0.494 e. The maximum Gasteiger partial charge on any atom is 0.341 e. The first kappa shape index (κ1) is 25.0. The second-order valence-electron chi connectivity index (χ2n) is 8.43. The summed E-state index contributed by atoms with van der Waals surface area (Å²) in [6.45, 7) is 2.03. The molecule has 2 aromatic rings. The summed E-state index contributed by atoms with van der Waals surface area (Å²) in [6.07, 6.45) is 12.2. The molecular formula is C24H33N3O5S. The van der Waals surface area contributed by atoms with E-state index in [2.05, 4.69) is 4.99 Å². The van der Waals surface area contributed by atoms with Crippen molar-refractivity contribution in [2.24, 2.45) is 19.1 Å². The van der Waals surface area contributed by atoms with Crippen LogP contribution in [0.2, 0.25) is 0 Å². The van der Waals surface area contributed by atoms with Gasteiger partial charge in [-0.25, -0.2) is 14.6 Å². The first-order chi connectivity index (χ1) is 15.9. The number of hydrogen-bond acceptors (Lipinski definition) is 7. The quantitative estimate of drug-likeness (QED) is 0.532. The molecule has 0 aliphatic heterocycles. The normalized spacial score (nSPS) is 15.6. The van der Waals surface area contributed by atoms with E-state index in [9.17, 15) is 19.5 Å². The Hall–Kier alpha value is -2.68. The zero-order valence-electron chi connectivity index (χ0n) is 19.7. The average Bonchev–Trinajstić information content (AvgIpc) is 3.13. The van der Waals surface area contributed by atoms with E-state index in [-0.39, 0.29) is 12.2 Å². The van der Waals surface area contributed by atoms with Crippen molar-refractivity contribution in [2.45, 2.75) is 71.1 Å². The zero-order valence-corrected chi connectivity index (χ0v) is 20.5. The van der Waals surface area contributed by atoms with Crippen LogP contribution in [-0.2, 0) is 31.7 Å². The monoisotopic (exact) mass is 475 g/mol. The van der Waals surface area contributed by atoms with E-state index in [1.54, 1.807) is 6.92 Å². The minimum absolute atomic E-state index is 0.100. The molecule has 2 heterocycles. The van der Waals surface area contributed by atoms with Gasteiger partial charge in [-0.05, 0) is 38.2 Å². The number of carbonyl (C=O) groups is 1. The molecule has 0 saturated carbocycles. The van der Waals surface area contributed by atoms with Crippen LogP contribution >= 0.6 is 11.3 Å². The molecule has 0 fully saturated rings. The van der Waals surface area contributed by atoms with Crippen LogP contribution < -0.4 is 11.2 Å². The summed E-state index contributed by atoms with van der Waals surface area (Å²) >= 11 is 1.45. The third kappa shape index (κ3) is 5.63. The van der Waals surface area contributed by atoms with Crippen LogP contribution in [0.25, 0.3) is 0 Å². The fraction of sp³-hybridized carbons (Fsp3) is 0.583. The Bertz CT molecular complexity index is 1140. The van der Waals surface area contributed by atoms with Gasteiger partial charge in [-0.3, -0.25) is 13.9 Å². The van der Waals surface area contributed by atoms with E-state index in [1.165, 1.54) is 57.3 Å². The predicted molar refractivity (Wildman–Crippen MR) is 130 cm³/mol. The van der Waals surface area contributed by atoms with Crippen LogP contribution in [0.1, 0.15) is 84.7 Å². The molecule has 0 amide bonds. The molecule has 0 spiro atoms. The van der Waals surface area contributed by atoms with E-state index < -0.39 is 23.1 Å². The lowest BCUT2D eigenvalue weighted by molar-refractivity contribution is 0.0526. The van der Waals surface area contributed by atoms with Gasteiger partial charge in [-0.15, -0.1) is 11.3 Å². The van der Waals surface area contributed by atoms with Gasteiger partial charge in [0.05, 0.1) is 12.2 Å². The number of rotatable bonds is 4. The van der Waals surface area contributed by atoms with E-state index >= 15 is 0 Å². The molecule has 2 aromatic heterocycles. The topological polar surface area (TPSA) is 103 Å². The molecular weight excluding hydrogens is 442 g/mol. The predicted octanol–water partition coefficient (Wildman–Crippen LogP) is 4.00. The van der Waals surface area contributed by atoms with E-state index in [4.69, 9.17) is 4.74 Å². The van der Waals surface area contributed by atoms with E-state index in [0.29, 0.717) is 10.6 Å². The lowest BCUT2D eigenvalue weighted by Crippen LogP contribution is -2.38. The second-order valence-corrected chi connectivity index (χ2v) is 9.52. The van der Waals surface area contributed by atoms with Crippen molar-refractivity contribution in [3.8, 4) is 5.88 Å². The Morgan fingerprint density at radius 1 is 1.03 bits per heavy atom. The van der Waals surface area contributed by atoms with E-state index in [0.717, 1.165) is 58.1 Å². The summed E-state index contributed by atoms with van der Waals surface area (Å²) in [6, 6.07) is 0. The molecule has 0 atom stereocenters. The van der Waals surface area contributed by atoms with Crippen molar-refractivity contribution in [3.63, 3.8) is 0 Å². The molecule has 1 aliphatic carbocycles. The molecule has 0 saturated heterocycles. The number of hydrogen-bond donors (Lipinski definition) is 1.